The number of para-hydroxylation sites is 1. The highest BCUT2D eigenvalue weighted by Gasteiger charge is 2.08. The number of anilines is 1. The van der Waals surface area contributed by atoms with Gasteiger partial charge in [-0.25, -0.2) is 4.39 Å². The number of hydrogen-bond donors (Lipinski definition) is 1. The zero-order valence-corrected chi connectivity index (χ0v) is 10.9. The average molecular weight is 275 g/mol. The average Bonchev–Trinajstić information content (AvgIpc) is 2.72. The predicted molar refractivity (Wildman–Crippen MR) is 76.9 cm³/mol. The van der Waals surface area contributed by atoms with Crippen LogP contribution in [0, 0.1) is 5.82 Å². The molecule has 1 aromatic heterocycles. The summed E-state index contributed by atoms with van der Waals surface area (Å²) in [5, 5.41) is 1.67. The minimum absolute atomic E-state index is 0.285. The van der Waals surface area contributed by atoms with E-state index in [1.807, 2.05) is 35.0 Å². The summed E-state index contributed by atoms with van der Waals surface area (Å²) in [4.78, 5) is 0. The number of hydrogen-bond acceptors (Lipinski definition) is 1. The molecule has 2 N–H and O–H groups in total. The summed E-state index contributed by atoms with van der Waals surface area (Å²) in [6.07, 6.45) is 1.84. The van der Waals surface area contributed by atoms with E-state index in [4.69, 9.17) is 17.3 Å². The van der Waals surface area contributed by atoms with Gasteiger partial charge in [0.2, 0.25) is 0 Å². The van der Waals surface area contributed by atoms with Crippen molar-refractivity contribution in [2.75, 3.05) is 5.73 Å². The molecule has 3 rings (SSSR count). The standard InChI is InChI=1S/C15H12ClFN2/c16-13-9-19(15-4-2-1-3-12(13)15)8-10-7-11(17)5-6-14(10)18/h1-7,9H,8,18H2. The molecular formula is C15H12ClFN2. The molecule has 0 saturated heterocycles. The number of nitrogen functional groups attached to an aromatic ring is 1. The van der Waals surface area contributed by atoms with Crippen molar-refractivity contribution < 1.29 is 4.39 Å². The maximum atomic E-state index is 13.3. The zero-order chi connectivity index (χ0) is 13.4. The maximum Gasteiger partial charge on any atom is 0.123 e. The monoisotopic (exact) mass is 274 g/mol. The quantitative estimate of drug-likeness (QED) is 0.702. The first kappa shape index (κ1) is 12.1. The van der Waals surface area contributed by atoms with Gasteiger partial charge in [-0.3, -0.25) is 0 Å². The number of fused-ring (bicyclic) bond motifs is 1. The third kappa shape index (κ3) is 2.17. The van der Waals surface area contributed by atoms with Gasteiger partial charge in [0, 0.05) is 29.3 Å². The van der Waals surface area contributed by atoms with E-state index in [-0.39, 0.29) is 5.82 Å². The molecule has 0 aliphatic heterocycles. The van der Waals surface area contributed by atoms with E-state index in [0.29, 0.717) is 17.3 Å². The molecule has 4 heteroatoms. The minimum Gasteiger partial charge on any atom is -0.398 e. The molecule has 19 heavy (non-hydrogen) atoms. The van der Waals surface area contributed by atoms with E-state index < -0.39 is 0 Å². The molecular weight excluding hydrogens is 263 g/mol. The second-order valence-electron chi connectivity index (χ2n) is 4.47. The predicted octanol–water partition coefficient (Wildman–Crippen LogP) is 4.06. The minimum atomic E-state index is -0.285. The second kappa shape index (κ2) is 4.59. The van der Waals surface area contributed by atoms with Crippen molar-refractivity contribution in [3.05, 3.63) is 65.1 Å². The molecule has 2 aromatic carbocycles. The normalized spacial score (nSPS) is 11.1. The van der Waals surface area contributed by atoms with Gasteiger partial charge in [0.05, 0.1) is 5.02 Å². The Balaban J connectivity index is 2.08. The first-order valence-electron chi connectivity index (χ1n) is 5.92. The van der Waals surface area contributed by atoms with Crippen molar-refractivity contribution in [3.8, 4) is 0 Å². The fraction of sp³-hybridized carbons (Fsp3) is 0.0667. The van der Waals surface area contributed by atoms with Gasteiger partial charge in [0.1, 0.15) is 5.82 Å². The summed E-state index contributed by atoms with van der Waals surface area (Å²) in [5.41, 5.74) is 8.21. The zero-order valence-electron chi connectivity index (χ0n) is 10.1. The lowest BCUT2D eigenvalue weighted by Gasteiger charge is -2.08. The summed E-state index contributed by atoms with van der Waals surface area (Å²) >= 11 is 6.19. The van der Waals surface area contributed by atoms with Crippen LogP contribution >= 0.6 is 11.6 Å². The lowest BCUT2D eigenvalue weighted by molar-refractivity contribution is 0.624. The number of aromatic nitrogens is 1. The third-order valence-electron chi connectivity index (χ3n) is 3.19. The smallest absolute Gasteiger partial charge is 0.123 e. The first-order chi connectivity index (χ1) is 9.15. The van der Waals surface area contributed by atoms with Crippen LogP contribution in [0.4, 0.5) is 10.1 Å². The molecule has 0 amide bonds. The summed E-state index contributed by atoms with van der Waals surface area (Å²) in [6.45, 7) is 0.497. The van der Waals surface area contributed by atoms with Crippen LogP contribution in [0.1, 0.15) is 5.56 Å². The van der Waals surface area contributed by atoms with E-state index in [9.17, 15) is 4.39 Å². The van der Waals surface area contributed by atoms with Gasteiger partial charge in [-0.15, -0.1) is 0 Å². The first-order valence-corrected chi connectivity index (χ1v) is 6.30. The van der Waals surface area contributed by atoms with Gasteiger partial charge in [-0.2, -0.15) is 0 Å². The topological polar surface area (TPSA) is 30.9 Å². The molecule has 1 heterocycles. The summed E-state index contributed by atoms with van der Waals surface area (Å²) in [6, 6.07) is 12.2. The fourth-order valence-electron chi connectivity index (χ4n) is 2.23. The van der Waals surface area contributed by atoms with Crippen molar-refractivity contribution in [1.29, 1.82) is 0 Å². The molecule has 0 bridgehead atoms. The molecule has 96 valence electrons. The Morgan fingerprint density at radius 1 is 1.16 bits per heavy atom. The van der Waals surface area contributed by atoms with E-state index in [0.717, 1.165) is 16.5 Å². The van der Waals surface area contributed by atoms with E-state index in [1.165, 1.54) is 12.1 Å². The van der Waals surface area contributed by atoms with Gasteiger partial charge in [0.25, 0.3) is 0 Å². The lowest BCUT2D eigenvalue weighted by atomic mass is 10.1. The van der Waals surface area contributed by atoms with Crippen LogP contribution in [0.5, 0.6) is 0 Å². The van der Waals surface area contributed by atoms with Gasteiger partial charge in [-0.1, -0.05) is 29.8 Å². The maximum absolute atomic E-state index is 13.3. The van der Waals surface area contributed by atoms with Crippen LogP contribution in [0.2, 0.25) is 5.02 Å². The Hall–Kier alpha value is -2.00. The van der Waals surface area contributed by atoms with Crippen LogP contribution in [-0.4, -0.2) is 4.57 Å². The van der Waals surface area contributed by atoms with Gasteiger partial charge in [-0.05, 0) is 29.8 Å². The van der Waals surface area contributed by atoms with Crippen molar-refractivity contribution in [3.63, 3.8) is 0 Å². The lowest BCUT2D eigenvalue weighted by Crippen LogP contribution is -2.02. The summed E-state index contributed by atoms with van der Waals surface area (Å²) < 4.78 is 15.3. The van der Waals surface area contributed by atoms with E-state index >= 15 is 0 Å². The van der Waals surface area contributed by atoms with Crippen LogP contribution in [0.25, 0.3) is 10.9 Å². The Labute approximate surface area is 115 Å². The molecule has 0 spiro atoms. The Morgan fingerprint density at radius 3 is 2.79 bits per heavy atom. The Morgan fingerprint density at radius 2 is 1.95 bits per heavy atom. The highest BCUT2D eigenvalue weighted by atomic mass is 35.5. The highest BCUT2D eigenvalue weighted by Crippen LogP contribution is 2.27. The van der Waals surface area contributed by atoms with Gasteiger partial charge in [0.15, 0.2) is 0 Å². The SMILES string of the molecule is Nc1ccc(F)cc1Cn1cc(Cl)c2ccccc21. The Kier molecular flexibility index (Phi) is 2.91. The summed E-state index contributed by atoms with van der Waals surface area (Å²) in [5.74, 6) is -0.285. The van der Waals surface area contributed by atoms with Crippen LogP contribution < -0.4 is 5.73 Å². The second-order valence-corrected chi connectivity index (χ2v) is 4.87. The van der Waals surface area contributed by atoms with Crippen LogP contribution in [0.15, 0.2) is 48.7 Å². The number of halogens is 2. The molecule has 0 aliphatic rings. The van der Waals surface area contributed by atoms with E-state index in [2.05, 4.69) is 0 Å². The third-order valence-corrected chi connectivity index (χ3v) is 3.49. The molecule has 0 saturated carbocycles. The van der Waals surface area contributed by atoms with Crippen molar-refractivity contribution in [2.24, 2.45) is 0 Å². The molecule has 2 nitrogen and oxygen atoms in total. The van der Waals surface area contributed by atoms with Crippen molar-refractivity contribution in [2.45, 2.75) is 6.54 Å². The van der Waals surface area contributed by atoms with Crippen LogP contribution in [-0.2, 0) is 6.54 Å². The van der Waals surface area contributed by atoms with E-state index in [1.54, 1.807) is 6.07 Å². The Bertz CT molecular complexity index is 749. The van der Waals surface area contributed by atoms with Gasteiger partial charge >= 0.3 is 0 Å². The molecule has 0 radical (unpaired) electrons. The summed E-state index contributed by atoms with van der Waals surface area (Å²) in [7, 11) is 0. The van der Waals surface area contributed by atoms with Crippen molar-refractivity contribution >= 4 is 28.2 Å². The number of rotatable bonds is 2. The number of benzene rings is 2. The number of nitrogens with two attached hydrogens (primary N) is 1. The fourth-order valence-corrected chi connectivity index (χ4v) is 2.51. The largest absolute Gasteiger partial charge is 0.398 e. The molecule has 3 aromatic rings. The molecule has 0 unspecified atom stereocenters. The van der Waals surface area contributed by atoms with Crippen LogP contribution in [0.3, 0.4) is 0 Å². The van der Waals surface area contributed by atoms with Crippen molar-refractivity contribution in [1.82, 2.24) is 4.57 Å². The van der Waals surface area contributed by atoms with Gasteiger partial charge < -0.3 is 10.3 Å². The number of nitrogens with zero attached hydrogens (tertiary/aromatic N) is 1. The highest BCUT2D eigenvalue weighted by molar-refractivity contribution is 6.35. The molecule has 0 aliphatic carbocycles. The molecule has 0 fully saturated rings. The molecule has 0 atom stereocenters.